The van der Waals surface area contributed by atoms with Crippen LogP contribution in [0, 0.1) is 23.7 Å². The maximum absolute atomic E-state index is 8.84. The van der Waals surface area contributed by atoms with Gasteiger partial charge in [-0.3, -0.25) is 4.90 Å². The van der Waals surface area contributed by atoms with E-state index >= 15 is 0 Å². The predicted octanol–water partition coefficient (Wildman–Crippen LogP) is 4.39. The number of hydrogen-bond donors (Lipinski definition) is 1. The zero-order valence-electron chi connectivity index (χ0n) is 15.0. The van der Waals surface area contributed by atoms with E-state index in [4.69, 9.17) is 10.00 Å². The summed E-state index contributed by atoms with van der Waals surface area (Å²) in [4.78, 5) is 5.87. The van der Waals surface area contributed by atoms with Gasteiger partial charge in [-0.1, -0.05) is 6.92 Å². The van der Waals surface area contributed by atoms with Gasteiger partial charge in [-0.2, -0.15) is 5.26 Å². The largest absolute Gasteiger partial charge is 0.496 e. The number of nitrogens with zero attached hydrogens (tertiary/aromatic N) is 2. The minimum Gasteiger partial charge on any atom is -0.496 e. The number of rotatable bonds is 5. The maximum atomic E-state index is 8.84. The van der Waals surface area contributed by atoms with Crippen molar-refractivity contribution >= 4 is 10.9 Å². The van der Waals surface area contributed by atoms with Gasteiger partial charge >= 0.3 is 0 Å². The van der Waals surface area contributed by atoms with Gasteiger partial charge in [-0.15, -0.1) is 0 Å². The highest BCUT2D eigenvalue weighted by atomic mass is 16.5. The van der Waals surface area contributed by atoms with Crippen LogP contribution >= 0.6 is 0 Å². The first-order chi connectivity index (χ1) is 11.6. The number of aryl methyl sites for hydroxylation is 1. The Labute approximate surface area is 144 Å². The van der Waals surface area contributed by atoms with Crippen molar-refractivity contribution in [2.24, 2.45) is 5.41 Å². The molecule has 0 radical (unpaired) electrons. The van der Waals surface area contributed by atoms with Crippen molar-refractivity contribution in [3.8, 4) is 11.8 Å². The zero-order chi connectivity index (χ0) is 17.2. The molecule has 128 valence electrons. The second kappa shape index (κ2) is 6.86. The summed E-state index contributed by atoms with van der Waals surface area (Å²) in [5.41, 5.74) is 4.03. The van der Waals surface area contributed by atoms with E-state index in [0.29, 0.717) is 11.8 Å². The number of aromatic nitrogens is 1. The highest BCUT2D eigenvalue weighted by Crippen LogP contribution is 2.37. The molecule has 1 aliphatic heterocycles. The smallest absolute Gasteiger partial charge is 0.124 e. The highest BCUT2D eigenvalue weighted by molar-refractivity contribution is 5.88. The molecule has 0 spiro atoms. The van der Waals surface area contributed by atoms with E-state index in [1.165, 1.54) is 34.9 Å². The number of methoxy groups -OCH3 is 1. The lowest BCUT2D eigenvalue weighted by atomic mass is 9.77. The summed E-state index contributed by atoms with van der Waals surface area (Å²) >= 11 is 0. The van der Waals surface area contributed by atoms with Crippen molar-refractivity contribution < 1.29 is 4.74 Å². The van der Waals surface area contributed by atoms with Crippen LogP contribution in [0.3, 0.4) is 0 Å². The summed E-state index contributed by atoms with van der Waals surface area (Å²) in [6.07, 6.45) is 6.04. The Morgan fingerprint density at radius 3 is 2.79 bits per heavy atom. The van der Waals surface area contributed by atoms with E-state index < -0.39 is 0 Å². The minimum atomic E-state index is 0.326. The Bertz CT molecular complexity index is 748. The van der Waals surface area contributed by atoms with Crippen LogP contribution in [0.4, 0.5) is 0 Å². The number of piperidine rings is 1. The first-order valence-electron chi connectivity index (χ1n) is 8.79. The number of ether oxygens (including phenoxy) is 1. The number of benzene rings is 1. The van der Waals surface area contributed by atoms with Gasteiger partial charge in [-0.25, -0.2) is 0 Å². The van der Waals surface area contributed by atoms with Crippen molar-refractivity contribution in [3.63, 3.8) is 0 Å². The van der Waals surface area contributed by atoms with Crippen LogP contribution in [0.25, 0.3) is 10.9 Å². The van der Waals surface area contributed by atoms with Crippen molar-refractivity contribution in [2.45, 2.75) is 46.1 Å². The van der Waals surface area contributed by atoms with Crippen LogP contribution in [0.1, 0.15) is 43.7 Å². The van der Waals surface area contributed by atoms with E-state index in [9.17, 15) is 0 Å². The predicted molar refractivity (Wildman–Crippen MR) is 97.1 cm³/mol. The second-order valence-corrected chi connectivity index (χ2v) is 7.39. The lowest BCUT2D eigenvalue weighted by molar-refractivity contribution is 0.106. The number of nitrogens with one attached hydrogen (secondary N) is 1. The van der Waals surface area contributed by atoms with Crippen molar-refractivity contribution in [3.05, 3.63) is 29.5 Å². The van der Waals surface area contributed by atoms with Crippen LogP contribution in [-0.4, -0.2) is 30.1 Å². The van der Waals surface area contributed by atoms with Gasteiger partial charge in [-0.05, 0) is 62.4 Å². The normalized spacial score (nSPS) is 17.8. The monoisotopic (exact) mass is 325 g/mol. The average Bonchev–Trinajstić information content (AvgIpc) is 3.08. The highest BCUT2D eigenvalue weighted by Gasteiger charge is 2.30. The number of fused-ring (bicyclic) bond motifs is 1. The first kappa shape index (κ1) is 16.9. The average molecular weight is 325 g/mol. The number of H-pyrrole nitrogens is 1. The van der Waals surface area contributed by atoms with E-state index in [-0.39, 0.29) is 0 Å². The Morgan fingerprint density at radius 2 is 2.12 bits per heavy atom. The zero-order valence-corrected chi connectivity index (χ0v) is 15.0. The summed E-state index contributed by atoms with van der Waals surface area (Å²) in [6, 6.07) is 6.58. The Kier molecular flexibility index (Phi) is 4.82. The van der Waals surface area contributed by atoms with Crippen LogP contribution in [0.2, 0.25) is 0 Å². The summed E-state index contributed by atoms with van der Waals surface area (Å²) in [5, 5.41) is 10.1. The lowest BCUT2D eigenvalue weighted by Gasteiger charge is -2.39. The van der Waals surface area contributed by atoms with E-state index in [0.717, 1.165) is 31.8 Å². The fraction of sp³-hybridized carbons (Fsp3) is 0.550. The SMILES string of the molecule is COc1cc(C)c2[nH]ccc2c1CN1CCC(C)(CCC#N)CC1. The van der Waals surface area contributed by atoms with E-state index in [1.807, 2.05) is 6.20 Å². The third-order valence-electron chi connectivity index (χ3n) is 5.62. The molecule has 1 aliphatic rings. The van der Waals surface area contributed by atoms with Crippen molar-refractivity contribution in [1.82, 2.24) is 9.88 Å². The van der Waals surface area contributed by atoms with Gasteiger partial charge in [0.05, 0.1) is 13.2 Å². The minimum absolute atomic E-state index is 0.326. The Morgan fingerprint density at radius 1 is 1.38 bits per heavy atom. The van der Waals surface area contributed by atoms with Gasteiger partial charge < -0.3 is 9.72 Å². The molecule has 2 heterocycles. The molecule has 4 heteroatoms. The maximum Gasteiger partial charge on any atom is 0.124 e. The number of likely N-dealkylation sites (tertiary alicyclic amines) is 1. The molecule has 1 saturated heterocycles. The Hall–Kier alpha value is -1.99. The Balaban J connectivity index is 1.76. The molecule has 2 aromatic rings. The van der Waals surface area contributed by atoms with Crippen molar-refractivity contribution in [2.75, 3.05) is 20.2 Å². The number of aromatic amines is 1. The molecule has 4 nitrogen and oxygen atoms in total. The first-order valence-corrected chi connectivity index (χ1v) is 8.79. The summed E-state index contributed by atoms with van der Waals surface area (Å²) in [6.45, 7) is 7.55. The third-order valence-corrected chi connectivity index (χ3v) is 5.62. The fourth-order valence-corrected chi connectivity index (χ4v) is 3.86. The van der Waals surface area contributed by atoms with Crippen LogP contribution in [-0.2, 0) is 6.54 Å². The molecule has 0 bridgehead atoms. The van der Waals surface area contributed by atoms with Gasteiger partial charge in [0.15, 0.2) is 0 Å². The van der Waals surface area contributed by atoms with Crippen molar-refractivity contribution in [1.29, 1.82) is 5.26 Å². The molecular weight excluding hydrogens is 298 g/mol. The van der Waals surface area contributed by atoms with Crippen LogP contribution in [0.5, 0.6) is 5.75 Å². The third kappa shape index (κ3) is 3.27. The molecule has 0 saturated carbocycles. The van der Waals surface area contributed by atoms with E-state index in [2.05, 4.69) is 41.9 Å². The molecule has 3 rings (SSSR count). The molecule has 1 aromatic carbocycles. The molecule has 1 fully saturated rings. The molecule has 0 amide bonds. The molecule has 0 aliphatic carbocycles. The van der Waals surface area contributed by atoms with Gasteiger partial charge in [0.1, 0.15) is 5.75 Å². The summed E-state index contributed by atoms with van der Waals surface area (Å²) < 4.78 is 5.66. The lowest BCUT2D eigenvalue weighted by Crippen LogP contribution is -2.38. The number of nitriles is 1. The molecule has 24 heavy (non-hydrogen) atoms. The fourth-order valence-electron chi connectivity index (χ4n) is 3.86. The molecule has 1 N–H and O–H groups in total. The van der Waals surface area contributed by atoms with Gasteiger partial charge in [0.2, 0.25) is 0 Å². The van der Waals surface area contributed by atoms with Gasteiger partial charge in [0, 0.05) is 35.6 Å². The summed E-state index contributed by atoms with van der Waals surface area (Å²) in [5.74, 6) is 0.984. The van der Waals surface area contributed by atoms with Crippen LogP contribution < -0.4 is 4.74 Å². The summed E-state index contributed by atoms with van der Waals surface area (Å²) in [7, 11) is 1.76. The quantitative estimate of drug-likeness (QED) is 0.887. The standard InChI is InChI=1S/C20H27N3O/c1-15-13-18(24-3)17(16-5-10-22-19(15)16)14-23-11-7-20(2,8-12-23)6-4-9-21/h5,10,13,22H,4,6-8,11-12,14H2,1-3H3. The van der Waals surface area contributed by atoms with E-state index in [1.54, 1.807) is 7.11 Å². The van der Waals surface area contributed by atoms with Gasteiger partial charge in [0.25, 0.3) is 0 Å². The topological polar surface area (TPSA) is 52.0 Å². The molecule has 1 aromatic heterocycles. The second-order valence-electron chi connectivity index (χ2n) is 7.39. The molecule has 0 unspecified atom stereocenters. The number of hydrogen-bond acceptors (Lipinski definition) is 3. The molecule has 0 atom stereocenters. The van der Waals surface area contributed by atoms with Crippen LogP contribution in [0.15, 0.2) is 18.3 Å². The molecular formula is C20H27N3O.